The van der Waals surface area contributed by atoms with Crippen LogP contribution in [0.2, 0.25) is 5.02 Å². The van der Waals surface area contributed by atoms with Crippen molar-refractivity contribution in [1.82, 2.24) is 4.98 Å². The summed E-state index contributed by atoms with van der Waals surface area (Å²) in [5, 5.41) is 12.3. The number of halogens is 1. The lowest BCUT2D eigenvalue weighted by atomic mass is 10.2. The Kier molecular flexibility index (Phi) is 5.31. The minimum absolute atomic E-state index is 0.0679. The molecule has 112 valence electrons. The van der Waals surface area contributed by atoms with Crippen molar-refractivity contribution in [3.05, 3.63) is 45.9 Å². The largest absolute Gasteiger partial charge is 0.459 e. The van der Waals surface area contributed by atoms with Gasteiger partial charge >= 0.3 is 5.97 Å². The SMILES string of the molecule is CC(C)OC(=O)/C(C#N)=C/c1csc(-c2ccc(Cl)cc2)n1. The Balaban J connectivity index is 2.23. The lowest BCUT2D eigenvalue weighted by Gasteiger charge is -2.05. The number of hydrogen-bond acceptors (Lipinski definition) is 5. The fourth-order valence-corrected chi connectivity index (χ4v) is 2.55. The van der Waals surface area contributed by atoms with Crippen LogP contribution in [0.5, 0.6) is 0 Å². The van der Waals surface area contributed by atoms with Crippen LogP contribution in [0.15, 0.2) is 35.2 Å². The van der Waals surface area contributed by atoms with Gasteiger partial charge in [-0.1, -0.05) is 23.7 Å². The average molecular weight is 333 g/mol. The standard InChI is InChI=1S/C16H13ClN2O2S/c1-10(2)21-16(20)12(8-18)7-14-9-22-15(19-14)11-3-5-13(17)6-4-11/h3-7,9-10H,1-2H3/b12-7+. The summed E-state index contributed by atoms with van der Waals surface area (Å²) in [5.74, 6) is -0.640. The number of benzene rings is 1. The smallest absolute Gasteiger partial charge is 0.349 e. The molecule has 0 fully saturated rings. The summed E-state index contributed by atoms with van der Waals surface area (Å²) in [6.45, 7) is 3.46. The molecule has 4 nitrogen and oxygen atoms in total. The highest BCUT2D eigenvalue weighted by Crippen LogP contribution is 2.26. The molecule has 6 heteroatoms. The first-order valence-electron chi connectivity index (χ1n) is 6.54. The number of esters is 1. The third kappa shape index (κ3) is 4.17. The molecule has 0 aliphatic heterocycles. The molecule has 0 aliphatic carbocycles. The number of nitrogens with zero attached hydrogens (tertiary/aromatic N) is 2. The van der Waals surface area contributed by atoms with Gasteiger partial charge in [-0.05, 0) is 32.1 Å². The van der Waals surface area contributed by atoms with Gasteiger partial charge in [0, 0.05) is 16.0 Å². The van der Waals surface area contributed by atoms with E-state index in [0.717, 1.165) is 10.6 Å². The van der Waals surface area contributed by atoms with Crippen molar-refractivity contribution in [2.45, 2.75) is 20.0 Å². The average Bonchev–Trinajstić information content (AvgIpc) is 2.93. The second-order valence-electron chi connectivity index (χ2n) is 4.71. The number of hydrogen-bond donors (Lipinski definition) is 0. The number of thiazole rings is 1. The summed E-state index contributed by atoms with van der Waals surface area (Å²) in [6, 6.07) is 9.15. The van der Waals surface area contributed by atoms with Crippen molar-refractivity contribution in [3.8, 4) is 16.6 Å². The van der Waals surface area contributed by atoms with E-state index >= 15 is 0 Å². The van der Waals surface area contributed by atoms with E-state index < -0.39 is 5.97 Å². The maximum atomic E-state index is 11.8. The quantitative estimate of drug-likeness (QED) is 0.475. The zero-order valence-electron chi connectivity index (χ0n) is 12.0. The fraction of sp³-hybridized carbons (Fsp3) is 0.188. The van der Waals surface area contributed by atoms with Gasteiger partial charge in [0.25, 0.3) is 0 Å². The molecule has 22 heavy (non-hydrogen) atoms. The Morgan fingerprint density at radius 3 is 2.68 bits per heavy atom. The highest BCUT2D eigenvalue weighted by molar-refractivity contribution is 7.13. The molecule has 2 rings (SSSR count). The van der Waals surface area contributed by atoms with E-state index in [1.165, 1.54) is 17.4 Å². The Hall–Kier alpha value is -2.16. The van der Waals surface area contributed by atoms with Gasteiger partial charge in [-0.3, -0.25) is 0 Å². The molecule has 0 atom stereocenters. The van der Waals surface area contributed by atoms with Crippen LogP contribution in [-0.4, -0.2) is 17.1 Å². The highest BCUT2D eigenvalue weighted by Gasteiger charge is 2.13. The van der Waals surface area contributed by atoms with Crippen LogP contribution < -0.4 is 0 Å². The first-order chi connectivity index (χ1) is 10.5. The van der Waals surface area contributed by atoms with E-state index in [0.29, 0.717) is 10.7 Å². The first kappa shape index (κ1) is 16.2. The number of carbonyl (C=O) groups excluding carboxylic acids is 1. The summed E-state index contributed by atoms with van der Waals surface area (Å²) >= 11 is 7.28. The summed E-state index contributed by atoms with van der Waals surface area (Å²) in [4.78, 5) is 16.2. The van der Waals surface area contributed by atoms with Crippen molar-refractivity contribution in [2.75, 3.05) is 0 Å². The van der Waals surface area contributed by atoms with Crippen LogP contribution in [0.3, 0.4) is 0 Å². The van der Waals surface area contributed by atoms with E-state index in [1.807, 2.05) is 18.2 Å². The fourth-order valence-electron chi connectivity index (χ4n) is 1.64. The molecular weight excluding hydrogens is 320 g/mol. The van der Waals surface area contributed by atoms with Crippen LogP contribution in [0.1, 0.15) is 19.5 Å². The minimum Gasteiger partial charge on any atom is -0.459 e. The molecule has 0 amide bonds. The van der Waals surface area contributed by atoms with Gasteiger partial charge in [-0.2, -0.15) is 5.26 Å². The van der Waals surface area contributed by atoms with E-state index in [2.05, 4.69) is 4.98 Å². The van der Waals surface area contributed by atoms with Gasteiger partial charge in [-0.25, -0.2) is 9.78 Å². The molecule has 2 aromatic rings. The summed E-state index contributed by atoms with van der Waals surface area (Å²) in [5.41, 5.74) is 1.41. The summed E-state index contributed by atoms with van der Waals surface area (Å²) in [7, 11) is 0. The van der Waals surface area contributed by atoms with E-state index in [4.69, 9.17) is 21.6 Å². The molecule has 0 saturated carbocycles. The molecule has 0 radical (unpaired) electrons. The predicted molar refractivity (Wildman–Crippen MR) is 87.4 cm³/mol. The Morgan fingerprint density at radius 1 is 1.41 bits per heavy atom. The van der Waals surface area contributed by atoms with Crippen molar-refractivity contribution in [1.29, 1.82) is 5.26 Å². The van der Waals surface area contributed by atoms with Crippen LogP contribution in [0.25, 0.3) is 16.6 Å². The molecule has 1 heterocycles. The third-order valence-electron chi connectivity index (χ3n) is 2.59. The third-order valence-corrected chi connectivity index (χ3v) is 3.75. The number of nitriles is 1. The molecule has 1 aromatic carbocycles. The van der Waals surface area contributed by atoms with Crippen molar-refractivity contribution < 1.29 is 9.53 Å². The molecule has 0 bridgehead atoms. The summed E-state index contributed by atoms with van der Waals surface area (Å²) < 4.78 is 5.01. The Bertz CT molecular complexity index is 742. The van der Waals surface area contributed by atoms with E-state index in [-0.39, 0.29) is 11.7 Å². The predicted octanol–water partition coefficient (Wildman–Crippen LogP) is 4.32. The van der Waals surface area contributed by atoms with Crippen LogP contribution in [0, 0.1) is 11.3 Å². The molecule has 1 aromatic heterocycles. The normalized spacial score (nSPS) is 11.3. The van der Waals surface area contributed by atoms with Crippen molar-refractivity contribution >= 4 is 35.0 Å². The number of rotatable bonds is 4. The van der Waals surface area contributed by atoms with Gasteiger partial charge in [0.1, 0.15) is 16.6 Å². The van der Waals surface area contributed by atoms with Crippen LogP contribution >= 0.6 is 22.9 Å². The Morgan fingerprint density at radius 2 is 2.09 bits per heavy atom. The van der Waals surface area contributed by atoms with Gasteiger partial charge in [0.15, 0.2) is 0 Å². The zero-order chi connectivity index (χ0) is 16.1. The van der Waals surface area contributed by atoms with Crippen molar-refractivity contribution in [2.24, 2.45) is 0 Å². The van der Waals surface area contributed by atoms with Gasteiger partial charge in [0.05, 0.1) is 11.8 Å². The number of ether oxygens (including phenoxy) is 1. The Labute approximate surface area is 137 Å². The molecule has 0 N–H and O–H groups in total. The highest BCUT2D eigenvalue weighted by atomic mass is 35.5. The van der Waals surface area contributed by atoms with E-state index in [1.54, 1.807) is 31.4 Å². The number of aromatic nitrogens is 1. The van der Waals surface area contributed by atoms with Crippen LogP contribution in [-0.2, 0) is 9.53 Å². The van der Waals surface area contributed by atoms with E-state index in [9.17, 15) is 4.79 Å². The number of carbonyl (C=O) groups is 1. The molecule has 0 spiro atoms. The minimum atomic E-state index is -0.640. The van der Waals surface area contributed by atoms with Gasteiger partial charge < -0.3 is 4.74 Å². The topological polar surface area (TPSA) is 63.0 Å². The first-order valence-corrected chi connectivity index (χ1v) is 7.79. The maximum Gasteiger partial charge on any atom is 0.349 e. The van der Waals surface area contributed by atoms with Crippen molar-refractivity contribution in [3.63, 3.8) is 0 Å². The molecule has 0 aliphatic rings. The molecular formula is C16H13ClN2O2S. The zero-order valence-corrected chi connectivity index (χ0v) is 13.6. The van der Waals surface area contributed by atoms with Crippen LogP contribution in [0.4, 0.5) is 0 Å². The summed E-state index contributed by atoms with van der Waals surface area (Å²) in [6.07, 6.45) is 1.16. The second kappa shape index (κ2) is 7.21. The lowest BCUT2D eigenvalue weighted by Crippen LogP contribution is -2.12. The lowest BCUT2D eigenvalue weighted by molar-refractivity contribution is -0.142. The van der Waals surface area contributed by atoms with Gasteiger partial charge in [-0.15, -0.1) is 11.3 Å². The monoisotopic (exact) mass is 332 g/mol. The second-order valence-corrected chi connectivity index (χ2v) is 6.00. The maximum absolute atomic E-state index is 11.8. The molecule has 0 saturated heterocycles. The molecule has 0 unspecified atom stereocenters. The van der Waals surface area contributed by atoms with Gasteiger partial charge in [0.2, 0.25) is 0 Å².